The minimum Gasteiger partial charge on any atom is -0.388 e. The van der Waals surface area contributed by atoms with Gasteiger partial charge in [0.1, 0.15) is 24.1 Å². The molecule has 1 aromatic carbocycles. The predicted octanol–water partition coefficient (Wildman–Crippen LogP) is 1.80. The topological polar surface area (TPSA) is 69.4 Å². The number of rotatable bonds is 2. The lowest BCUT2D eigenvalue weighted by molar-refractivity contribution is 0.0172. The Bertz CT molecular complexity index is 894. The number of aliphatic hydroxyl groups is 1. The quantitative estimate of drug-likeness (QED) is 0.779. The molecule has 6 heteroatoms. The Hall–Kier alpha value is -2.28. The van der Waals surface area contributed by atoms with Gasteiger partial charge >= 0.3 is 0 Å². The maximum atomic E-state index is 9.94. The van der Waals surface area contributed by atoms with Crippen LogP contribution in [0.2, 0.25) is 0 Å². The summed E-state index contributed by atoms with van der Waals surface area (Å²) < 4.78 is 13.6. The third kappa shape index (κ3) is 2.07. The van der Waals surface area contributed by atoms with E-state index in [0.29, 0.717) is 13.2 Å². The molecule has 3 aromatic rings. The second-order valence-corrected chi connectivity index (χ2v) is 6.30. The van der Waals surface area contributed by atoms with Crippen molar-refractivity contribution in [2.45, 2.75) is 24.4 Å². The Labute approximate surface area is 138 Å². The van der Waals surface area contributed by atoms with E-state index in [9.17, 15) is 5.11 Å². The lowest BCUT2D eigenvalue weighted by Crippen LogP contribution is -2.30. The lowest BCUT2D eigenvalue weighted by Gasteiger charge is -2.19. The molecule has 4 heterocycles. The summed E-state index contributed by atoms with van der Waals surface area (Å²) in [6.45, 7) is 0.850. The number of hydrogen-bond acceptors (Lipinski definition) is 5. The molecule has 2 saturated heterocycles. The van der Waals surface area contributed by atoms with E-state index in [1.165, 1.54) is 0 Å². The van der Waals surface area contributed by atoms with E-state index in [0.717, 1.165) is 22.3 Å². The van der Waals surface area contributed by atoms with Crippen LogP contribution < -0.4 is 0 Å². The van der Waals surface area contributed by atoms with Gasteiger partial charge in [0.2, 0.25) is 0 Å². The number of benzene rings is 1. The van der Waals surface area contributed by atoms with Crippen LogP contribution in [0.3, 0.4) is 0 Å². The molecule has 2 aromatic heterocycles. The molecule has 24 heavy (non-hydrogen) atoms. The highest BCUT2D eigenvalue weighted by Gasteiger charge is 2.48. The maximum Gasteiger partial charge on any atom is 0.140 e. The van der Waals surface area contributed by atoms with Gasteiger partial charge in [-0.1, -0.05) is 6.07 Å². The fourth-order valence-electron chi connectivity index (χ4n) is 3.72. The third-order valence-electron chi connectivity index (χ3n) is 4.89. The summed E-state index contributed by atoms with van der Waals surface area (Å²) in [5, 5.41) is 11.0. The van der Waals surface area contributed by atoms with Crippen LogP contribution in [-0.4, -0.2) is 51.2 Å². The fraction of sp³-hybridized carbons (Fsp3) is 0.333. The van der Waals surface area contributed by atoms with Gasteiger partial charge in [-0.05, 0) is 24.3 Å². The predicted molar refractivity (Wildman–Crippen MR) is 87.5 cm³/mol. The monoisotopic (exact) mass is 323 g/mol. The fourth-order valence-corrected chi connectivity index (χ4v) is 3.72. The normalized spacial score (nSPS) is 29.2. The average Bonchev–Trinajstić information content (AvgIpc) is 3.32. The van der Waals surface area contributed by atoms with Crippen molar-refractivity contribution >= 4 is 10.9 Å². The van der Waals surface area contributed by atoms with E-state index < -0.39 is 6.10 Å². The first-order valence-electron chi connectivity index (χ1n) is 8.10. The summed E-state index contributed by atoms with van der Waals surface area (Å²) in [5.74, 6) is 0.875. The highest BCUT2D eigenvalue weighted by atomic mass is 16.6. The molecule has 1 N–H and O–H groups in total. The number of aromatic nitrogens is 3. The standard InChI is InChI=1S/C18H17N3O3/c22-15-10-24-16-14(9-23-17(15)16)21-7-6-20-18(21)12-3-4-13-11(8-12)2-1-5-19-13/h1-8,14-17,22H,9-10H2/t14-,15-,16-,17-/m1/s1. The summed E-state index contributed by atoms with van der Waals surface area (Å²) in [6.07, 6.45) is 4.62. The second kappa shape index (κ2) is 5.37. The van der Waals surface area contributed by atoms with Crippen molar-refractivity contribution in [2.24, 2.45) is 0 Å². The molecule has 0 spiro atoms. The van der Waals surface area contributed by atoms with Gasteiger partial charge in [0, 0.05) is 29.5 Å². The van der Waals surface area contributed by atoms with Crippen molar-refractivity contribution in [3.8, 4) is 11.4 Å². The summed E-state index contributed by atoms with van der Waals surface area (Å²) in [7, 11) is 0. The smallest absolute Gasteiger partial charge is 0.140 e. The van der Waals surface area contributed by atoms with Gasteiger partial charge in [-0.25, -0.2) is 4.98 Å². The first kappa shape index (κ1) is 14.1. The van der Waals surface area contributed by atoms with Crippen LogP contribution in [0.5, 0.6) is 0 Å². The van der Waals surface area contributed by atoms with Crippen LogP contribution in [-0.2, 0) is 9.47 Å². The van der Waals surface area contributed by atoms with Gasteiger partial charge < -0.3 is 19.1 Å². The van der Waals surface area contributed by atoms with E-state index in [-0.39, 0.29) is 18.2 Å². The maximum absolute atomic E-state index is 9.94. The largest absolute Gasteiger partial charge is 0.388 e. The van der Waals surface area contributed by atoms with E-state index in [1.54, 1.807) is 12.4 Å². The molecule has 122 valence electrons. The zero-order valence-corrected chi connectivity index (χ0v) is 12.9. The highest BCUT2D eigenvalue weighted by molar-refractivity contribution is 5.83. The average molecular weight is 323 g/mol. The molecule has 0 saturated carbocycles. The first-order valence-corrected chi connectivity index (χ1v) is 8.10. The molecular weight excluding hydrogens is 306 g/mol. The van der Waals surface area contributed by atoms with E-state index >= 15 is 0 Å². The Morgan fingerprint density at radius 1 is 1.04 bits per heavy atom. The number of fused-ring (bicyclic) bond motifs is 2. The van der Waals surface area contributed by atoms with Crippen molar-refractivity contribution in [2.75, 3.05) is 13.2 Å². The molecule has 0 unspecified atom stereocenters. The second-order valence-electron chi connectivity index (χ2n) is 6.30. The van der Waals surface area contributed by atoms with Crippen LogP contribution in [0.4, 0.5) is 0 Å². The van der Waals surface area contributed by atoms with Crippen LogP contribution in [0.1, 0.15) is 6.04 Å². The minimum absolute atomic E-state index is 0.0224. The Kier molecular flexibility index (Phi) is 3.16. The third-order valence-corrected chi connectivity index (χ3v) is 4.89. The zero-order valence-electron chi connectivity index (χ0n) is 12.9. The number of ether oxygens (including phenoxy) is 2. The molecule has 6 nitrogen and oxygen atoms in total. The Morgan fingerprint density at radius 2 is 1.96 bits per heavy atom. The highest BCUT2D eigenvalue weighted by Crippen LogP contribution is 2.36. The van der Waals surface area contributed by atoms with Crippen molar-refractivity contribution in [1.82, 2.24) is 14.5 Å². The van der Waals surface area contributed by atoms with Gasteiger partial charge in [0.25, 0.3) is 0 Å². The summed E-state index contributed by atoms with van der Waals surface area (Å²) in [5.41, 5.74) is 1.99. The van der Waals surface area contributed by atoms with Gasteiger partial charge in [0.05, 0.1) is 24.8 Å². The van der Waals surface area contributed by atoms with Gasteiger partial charge in [0.15, 0.2) is 0 Å². The molecule has 2 fully saturated rings. The van der Waals surface area contributed by atoms with Crippen LogP contribution in [0.15, 0.2) is 48.9 Å². The van der Waals surface area contributed by atoms with Crippen LogP contribution >= 0.6 is 0 Å². The van der Waals surface area contributed by atoms with Crippen LogP contribution in [0, 0.1) is 0 Å². The van der Waals surface area contributed by atoms with E-state index in [2.05, 4.69) is 20.6 Å². The van der Waals surface area contributed by atoms with Crippen molar-refractivity contribution in [3.05, 3.63) is 48.9 Å². The minimum atomic E-state index is -0.543. The SMILES string of the molecule is O[C@@H]1CO[C@H]2[C@@H]1OC[C@H]2n1ccnc1-c1ccc2ncccc2c1. The van der Waals surface area contributed by atoms with Crippen LogP contribution in [0.25, 0.3) is 22.3 Å². The molecule has 2 aliphatic heterocycles. The van der Waals surface area contributed by atoms with Gasteiger partial charge in [-0.15, -0.1) is 0 Å². The van der Waals surface area contributed by atoms with Crippen molar-refractivity contribution in [1.29, 1.82) is 0 Å². The summed E-state index contributed by atoms with van der Waals surface area (Å²) in [4.78, 5) is 8.90. The van der Waals surface area contributed by atoms with Gasteiger partial charge in [-0.2, -0.15) is 0 Å². The number of imidazole rings is 1. The molecule has 0 bridgehead atoms. The first-order chi connectivity index (χ1) is 11.8. The summed E-state index contributed by atoms with van der Waals surface area (Å²) in [6, 6.07) is 10.1. The van der Waals surface area contributed by atoms with Crippen molar-refractivity contribution < 1.29 is 14.6 Å². The molecule has 0 amide bonds. The molecule has 5 rings (SSSR count). The summed E-state index contributed by atoms with van der Waals surface area (Å²) >= 11 is 0. The van der Waals surface area contributed by atoms with E-state index in [1.807, 2.05) is 30.5 Å². The van der Waals surface area contributed by atoms with Crippen molar-refractivity contribution in [3.63, 3.8) is 0 Å². The Balaban J connectivity index is 1.55. The molecular formula is C18H17N3O3. The molecule has 4 atom stereocenters. The lowest BCUT2D eigenvalue weighted by atomic mass is 10.1. The zero-order chi connectivity index (χ0) is 16.1. The molecule has 2 aliphatic rings. The number of pyridine rings is 1. The molecule has 0 radical (unpaired) electrons. The number of hydrogen-bond donors (Lipinski definition) is 1. The van der Waals surface area contributed by atoms with Gasteiger partial charge in [-0.3, -0.25) is 4.98 Å². The van der Waals surface area contributed by atoms with E-state index in [4.69, 9.17) is 9.47 Å². The number of aliphatic hydroxyl groups excluding tert-OH is 1. The number of nitrogens with zero attached hydrogens (tertiary/aromatic N) is 3. The Morgan fingerprint density at radius 3 is 2.92 bits per heavy atom. The molecule has 0 aliphatic carbocycles.